The minimum absolute atomic E-state index is 0.0842. The van der Waals surface area contributed by atoms with Crippen molar-refractivity contribution in [1.82, 2.24) is 0 Å². The maximum absolute atomic E-state index is 12.9. The molecule has 0 amide bonds. The lowest BCUT2D eigenvalue weighted by Crippen LogP contribution is -2.01. The number of rotatable bonds is 6. The van der Waals surface area contributed by atoms with E-state index in [1.54, 1.807) is 66.7 Å². The van der Waals surface area contributed by atoms with Crippen molar-refractivity contribution < 1.29 is 14.3 Å². The Morgan fingerprint density at radius 3 is 1.79 bits per heavy atom. The summed E-state index contributed by atoms with van der Waals surface area (Å²) >= 11 is 0. The Morgan fingerprint density at radius 1 is 0.552 bits per heavy atom. The molecule has 142 valence electrons. The molecule has 0 saturated heterocycles. The number of anilines is 1. The van der Waals surface area contributed by atoms with E-state index in [-0.39, 0.29) is 5.78 Å². The van der Waals surface area contributed by atoms with Crippen LogP contribution in [0.25, 0.3) is 0 Å². The van der Waals surface area contributed by atoms with Gasteiger partial charge in [0, 0.05) is 16.8 Å². The van der Waals surface area contributed by atoms with E-state index in [1.807, 2.05) is 36.4 Å². The van der Waals surface area contributed by atoms with Gasteiger partial charge in [0.25, 0.3) is 0 Å². The van der Waals surface area contributed by atoms with E-state index in [2.05, 4.69) is 0 Å². The van der Waals surface area contributed by atoms with Crippen molar-refractivity contribution in [3.63, 3.8) is 0 Å². The largest absolute Gasteiger partial charge is 0.457 e. The predicted molar refractivity (Wildman–Crippen MR) is 114 cm³/mol. The molecular formula is C25H19NO3. The van der Waals surface area contributed by atoms with Crippen molar-refractivity contribution in [3.05, 3.63) is 114 Å². The van der Waals surface area contributed by atoms with Crippen LogP contribution in [-0.4, -0.2) is 5.78 Å². The zero-order chi connectivity index (χ0) is 20.1. The molecule has 0 aliphatic heterocycles. The van der Waals surface area contributed by atoms with Crippen LogP contribution in [0, 0.1) is 0 Å². The van der Waals surface area contributed by atoms with E-state index in [4.69, 9.17) is 15.2 Å². The Balaban J connectivity index is 1.48. The number of para-hydroxylation sites is 1. The number of nitrogens with two attached hydrogens (primary N) is 1. The van der Waals surface area contributed by atoms with Crippen molar-refractivity contribution in [2.75, 3.05) is 5.73 Å². The smallest absolute Gasteiger partial charge is 0.193 e. The number of benzene rings is 4. The second kappa shape index (κ2) is 8.31. The van der Waals surface area contributed by atoms with Gasteiger partial charge in [-0.15, -0.1) is 0 Å². The summed E-state index contributed by atoms with van der Waals surface area (Å²) in [4.78, 5) is 12.9. The lowest BCUT2D eigenvalue weighted by Gasteiger charge is -2.09. The summed E-state index contributed by atoms with van der Waals surface area (Å²) < 4.78 is 11.6. The number of nitrogen functional groups attached to an aromatic ring is 1. The molecule has 4 nitrogen and oxygen atoms in total. The van der Waals surface area contributed by atoms with Gasteiger partial charge < -0.3 is 15.2 Å². The van der Waals surface area contributed by atoms with E-state index in [1.165, 1.54) is 0 Å². The minimum Gasteiger partial charge on any atom is -0.457 e. The number of carbonyl (C=O) groups is 1. The maximum Gasteiger partial charge on any atom is 0.193 e. The van der Waals surface area contributed by atoms with Crippen molar-refractivity contribution in [2.45, 2.75) is 0 Å². The van der Waals surface area contributed by atoms with Crippen LogP contribution >= 0.6 is 0 Å². The third-order valence-electron chi connectivity index (χ3n) is 4.31. The molecule has 0 atom stereocenters. The van der Waals surface area contributed by atoms with Crippen LogP contribution in [0.15, 0.2) is 103 Å². The zero-order valence-electron chi connectivity index (χ0n) is 15.6. The number of hydrogen-bond donors (Lipinski definition) is 1. The van der Waals surface area contributed by atoms with Gasteiger partial charge in [0.1, 0.15) is 23.0 Å². The molecule has 0 radical (unpaired) electrons. The van der Waals surface area contributed by atoms with Crippen LogP contribution in [0.2, 0.25) is 0 Å². The van der Waals surface area contributed by atoms with E-state index in [0.29, 0.717) is 34.1 Å². The predicted octanol–water partition coefficient (Wildman–Crippen LogP) is 6.08. The van der Waals surface area contributed by atoms with Crippen molar-refractivity contribution in [1.29, 1.82) is 0 Å². The molecule has 0 spiro atoms. The van der Waals surface area contributed by atoms with Gasteiger partial charge in [0.05, 0.1) is 0 Å². The van der Waals surface area contributed by atoms with Crippen LogP contribution in [0.5, 0.6) is 23.0 Å². The molecule has 4 aromatic carbocycles. The van der Waals surface area contributed by atoms with Crippen molar-refractivity contribution >= 4 is 11.5 Å². The fraction of sp³-hybridized carbons (Fsp3) is 0. The number of ether oxygens (including phenoxy) is 2. The summed E-state index contributed by atoms with van der Waals surface area (Å²) in [5, 5.41) is 0. The van der Waals surface area contributed by atoms with E-state index in [0.717, 1.165) is 5.75 Å². The van der Waals surface area contributed by atoms with Crippen molar-refractivity contribution in [3.8, 4) is 23.0 Å². The summed E-state index contributed by atoms with van der Waals surface area (Å²) in [5.74, 6) is 2.59. The average Bonchev–Trinajstić information content (AvgIpc) is 2.76. The maximum atomic E-state index is 12.9. The number of hydrogen-bond acceptors (Lipinski definition) is 4. The summed E-state index contributed by atoms with van der Waals surface area (Å²) in [6.45, 7) is 0. The summed E-state index contributed by atoms with van der Waals surface area (Å²) in [5.41, 5.74) is 7.49. The second-order valence-electron chi connectivity index (χ2n) is 6.47. The van der Waals surface area contributed by atoms with Crippen LogP contribution in [0.1, 0.15) is 15.9 Å². The zero-order valence-corrected chi connectivity index (χ0v) is 15.6. The first-order chi connectivity index (χ1) is 14.2. The molecular weight excluding hydrogens is 362 g/mol. The number of ketones is 1. The molecule has 0 saturated carbocycles. The topological polar surface area (TPSA) is 61.5 Å². The Kier molecular flexibility index (Phi) is 5.25. The minimum atomic E-state index is -0.0842. The number of carbonyl (C=O) groups excluding carboxylic acids is 1. The first-order valence-corrected chi connectivity index (χ1v) is 9.18. The molecule has 4 rings (SSSR count). The van der Waals surface area contributed by atoms with Crippen LogP contribution < -0.4 is 15.2 Å². The summed E-state index contributed by atoms with van der Waals surface area (Å²) in [6.07, 6.45) is 0. The van der Waals surface area contributed by atoms with Crippen LogP contribution in [0.4, 0.5) is 5.69 Å². The fourth-order valence-corrected chi connectivity index (χ4v) is 2.84. The lowest BCUT2D eigenvalue weighted by molar-refractivity contribution is 0.103. The molecule has 0 unspecified atom stereocenters. The second-order valence-corrected chi connectivity index (χ2v) is 6.47. The van der Waals surface area contributed by atoms with Gasteiger partial charge in [0.15, 0.2) is 5.78 Å². The molecule has 0 aliphatic rings. The van der Waals surface area contributed by atoms with Crippen LogP contribution in [0.3, 0.4) is 0 Å². The van der Waals surface area contributed by atoms with Gasteiger partial charge >= 0.3 is 0 Å². The van der Waals surface area contributed by atoms with Gasteiger partial charge in [-0.1, -0.05) is 30.3 Å². The third kappa shape index (κ3) is 4.62. The quantitative estimate of drug-likeness (QED) is 0.324. The van der Waals surface area contributed by atoms with E-state index >= 15 is 0 Å². The monoisotopic (exact) mass is 381 g/mol. The molecule has 4 aromatic rings. The van der Waals surface area contributed by atoms with E-state index < -0.39 is 0 Å². The Labute approximate surface area is 169 Å². The molecule has 4 heteroatoms. The molecule has 0 aromatic heterocycles. The summed E-state index contributed by atoms with van der Waals surface area (Å²) in [7, 11) is 0. The standard InChI is InChI=1S/C25H19NO3/c26-20-11-15-23(16-12-20)29-24-8-4-5-19(17-24)25(27)18-9-13-22(14-10-18)28-21-6-2-1-3-7-21/h1-17H,26H2. The van der Waals surface area contributed by atoms with Gasteiger partial charge in [0.2, 0.25) is 0 Å². The first-order valence-electron chi connectivity index (χ1n) is 9.18. The summed E-state index contributed by atoms with van der Waals surface area (Å²) in [6, 6.07) is 30.8. The molecule has 2 N–H and O–H groups in total. The highest BCUT2D eigenvalue weighted by atomic mass is 16.5. The first kappa shape index (κ1) is 18.3. The Morgan fingerprint density at radius 2 is 1.10 bits per heavy atom. The molecule has 0 heterocycles. The highest BCUT2D eigenvalue weighted by molar-refractivity contribution is 6.09. The van der Waals surface area contributed by atoms with Gasteiger partial charge in [-0.25, -0.2) is 0 Å². The highest BCUT2D eigenvalue weighted by Crippen LogP contribution is 2.25. The molecule has 0 bridgehead atoms. The van der Waals surface area contributed by atoms with Gasteiger partial charge in [-0.05, 0) is 72.8 Å². The lowest BCUT2D eigenvalue weighted by atomic mass is 10.0. The SMILES string of the molecule is Nc1ccc(Oc2cccc(C(=O)c3ccc(Oc4ccccc4)cc3)c2)cc1. The fourth-order valence-electron chi connectivity index (χ4n) is 2.84. The molecule has 29 heavy (non-hydrogen) atoms. The van der Waals surface area contributed by atoms with Crippen LogP contribution in [-0.2, 0) is 0 Å². The molecule has 0 fully saturated rings. The van der Waals surface area contributed by atoms with Gasteiger partial charge in [-0.3, -0.25) is 4.79 Å². The highest BCUT2D eigenvalue weighted by Gasteiger charge is 2.11. The third-order valence-corrected chi connectivity index (χ3v) is 4.31. The van der Waals surface area contributed by atoms with Crippen molar-refractivity contribution in [2.24, 2.45) is 0 Å². The van der Waals surface area contributed by atoms with E-state index in [9.17, 15) is 4.79 Å². The normalized spacial score (nSPS) is 10.3. The average molecular weight is 381 g/mol. The molecule has 0 aliphatic carbocycles. The Hall–Kier alpha value is -4.05. The Bertz CT molecular complexity index is 1100. The van der Waals surface area contributed by atoms with Gasteiger partial charge in [-0.2, -0.15) is 0 Å².